The summed E-state index contributed by atoms with van der Waals surface area (Å²) >= 11 is 0. The zero-order valence-electron chi connectivity index (χ0n) is 22.6. The number of anilines is 2. The third-order valence-corrected chi connectivity index (χ3v) is 9.08. The maximum absolute atomic E-state index is 10.0. The lowest BCUT2D eigenvalue weighted by molar-refractivity contribution is -0.0857. The first-order valence-corrected chi connectivity index (χ1v) is 13.9. The molecule has 4 heterocycles. The lowest BCUT2D eigenvalue weighted by Crippen LogP contribution is -2.44. The highest BCUT2D eigenvalue weighted by molar-refractivity contribution is 5.63. The molecule has 38 heavy (non-hydrogen) atoms. The van der Waals surface area contributed by atoms with E-state index in [0.29, 0.717) is 43.5 Å². The zero-order valence-corrected chi connectivity index (χ0v) is 22.6. The van der Waals surface area contributed by atoms with E-state index < -0.39 is 5.60 Å². The maximum Gasteiger partial charge on any atom is 0.318 e. The lowest BCUT2D eigenvalue weighted by atomic mass is 9.72. The van der Waals surface area contributed by atoms with Crippen LogP contribution in [0.4, 0.5) is 11.5 Å². The van der Waals surface area contributed by atoms with Gasteiger partial charge in [-0.15, -0.1) is 0 Å². The Kier molecular flexibility index (Phi) is 6.67. The van der Waals surface area contributed by atoms with Gasteiger partial charge < -0.3 is 24.8 Å². The fraction of sp³-hybridized carbons (Fsp3) is 0.621. The Labute approximate surface area is 224 Å². The standard InChI is InChI=1S/C29H38N6O3/c1-28(9-4-11-34(28)2)19-37-27-32-24-16-29(10-3-6-20-7-8-23(31)21(17-30)25(20)29)38-18-22(24)26(33-27)35-12-5-14-36-15-13-35/h7-8H,3-6,9-16,18-19,31H2,1-2H3. The van der Waals surface area contributed by atoms with Crippen molar-refractivity contribution in [2.45, 2.75) is 69.6 Å². The number of hydrogen-bond acceptors (Lipinski definition) is 9. The molecular formula is C29H38N6O3. The Morgan fingerprint density at radius 2 is 2.03 bits per heavy atom. The van der Waals surface area contributed by atoms with Crippen LogP contribution in [0.3, 0.4) is 0 Å². The van der Waals surface area contributed by atoms with Gasteiger partial charge in [-0.1, -0.05) is 6.07 Å². The molecule has 0 saturated carbocycles. The second kappa shape index (κ2) is 9.99. The van der Waals surface area contributed by atoms with Gasteiger partial charge >= 0.3 is 6.01 Å². The Balaban J connectivity index is 1.40. The van der Waals surface area contributed by atoms with E-state index in [-0.39, 0.29) is 5.54 Å². The number of nitrogens with two attached hydrogens (primary N) is 1. The molecule has 1 aliphatic carbocycles. The van der Waals surface area contributed by atoms with Crippen molar-refractivity contribution in [3.05, 3.63) is 40.1 Å². The summed E-state index contributed by atoms with van der Waals surface area (Å²) in [6.07, 6.45) is 6.52. The van der Waals surface area contributed by atoms with E-state index in [1.54, 1.807) is 0 Å². The first-order valence-electron chi connectivity index (χ1n) is 13.9. The van der Waals surface area contributed by atoms with Crippen molar-refractivity contribution < 1.29 is 14.2 Å². The predicted octanol–water partition coefficient (Wildman–Crippen LogP) is 3.32. The number of likely N-dealkylation sites (tertiary alicyclic amines) is 1. The highest BCUT2D eigenvalue weighted by atomic mass is 16.5. The number of ether oxygens (including phenoxy) is 3. The van der Waals surface area contributed by atoms with Gasteiger partial charge in [0, 0.05) is 42.9 Å². The van der Waals surface area contributed by atoms with Crippen LogP contribution < -0.4 is 15.4 Å². The molecule has 2 atom stereocenters. The van der Waals surface area contributed by atoms with Gasteiger partial charge in [-0.05, 0) is 70.7 Å². The number of hydrogen-bond donors (Lipinski definition) is 1. The minimum atomic E-state index is -0.622. The van der Waals surface area contributed by atoms with E-state index in [2.05, 4.69) is 35.9 Å². The van der Waals surface area contributed by atoms with E-state index in [4.69, 9.17) is 29.9 Å². The fourth-order valence-electron chi connectivity index (χ4n) is 6.69. The first kappa shape index (κ1) is 25.4. The highest BCUT2D eigenvalue weighted by Crippen LogP contribution is 2.48. The second-order valence-corrected chi connectivity index (χ2v) is 11.5. The van der Waals surface area contributed by atoms with Gasteiger partial charge in [0.15, 0.2) is 0 Å². The van der Waals surface area contributed by atoms with Crippen molar-refractivity contribution in [2.75, 3.05) is 57.1 Å². The molecule has 0 radical (unpaired) electrons. The summed E-state index contributed by atoms with van der Waals surface area (Å²) in [5.74, 6) is 0.888. The normalized spacial score (nSPS) is 27.4. The molecule has 2 fully saturated rings. The van der Waals surface area contributed by atoms with Crippen molar-refractivity contribution in [1.29, 1.82) is 5.26 Å². The molecule has 2 saturated heterocycles. The van der Waals surface area contributed by atoms with Gasteiger partial charge in [0.1, 0.15) is 24.1 Å². The molecule has 9 heteroatoms. The Morgan fingerprint density at radius 3 is 2.84 bits per heavy atom. The zero-order chi connectivity index (χ0) is 26.3. The fourth-order valence-corrected chi connectivity index (χ4v) is 6.69. The molecule has 4 aliphatic rings. The number of nitriles is 1. The van der Waals surface area contributed by atoms with Crippen LogP contribution in [0.5, 0.6) is 6.01 Å². The quantitative estimate of drug-likeness (QED) is 0.610. The first-order chi connectivity index (χ1) is 18.4. The van der Waals surface area contributed by atoms with E-state index in [9.17, 15) is 5.26 Å². The number of benzene rings is 1. The number of fused-ring (bicyclic) bond motifs is 3. The molecule has 1 spiro atoms. The van der Waals surface area contributed by atoms with Gasteiger partial charge in [-0.25, -0.2) is 0 Å². The SMILES string of the molecule is CN1CCCC1(C)COc1nc2c(c(N3CCCOCC3)n1)COC1(CCCc3ccc(N)c(C#N)c31)C2. The van der Waals surface area contributed by atoms with E-state index in [1.807, 2.05) is 6.07 Å². The van der Waals surface area contributed by atoms with Gasteiger partial charge in [0.25, 0.3) is 0 Å². The molecule has 9 nitrogen and oxygen atoms in total. The van der Waals surface area contributed by atoms with Crippen molar-refractivity contribution >= 4 is 11.5 Å². The van der Waals surface area contributed by atoms with Crippen LogP contribution in [0.2, 0.25) is 0 Å². The summed E-state index contributed by atoms with van der Waals surface area (Å²) in [4.78, 5) is 14.6. The average Bonchev–Trinajstić information content (AvgIpc) is 3.09. The minimum absolute atomic E-state index is 0.0261. The van der Waals surface area contributed by atoms with Crippen molar-refractivity contribution in [3.63, 3.8) is 0 Å². The molecule has 3 aliphatic heterocycles. The van der Waals surface area contributed by atoms with Gasteiger partial charge in [-0.2, -0.15) is 15.2 Å². The largest absolute Gasteiger partial charge is 0.461 e. The Hall–Kier alpha value is -2.93. The van der Waals surface area contributed by atoms with Gasteiger partial charge in [0.2, 0.25) is 0 Å². The number of likely N-dealkylation sites (N-methyl/N-ethyl adjacent to an activating group) is 1. The molecule has 1 aromatic heterocycles. The molecular weight excluding hydrogens is 480 g/mol. The van der Waals surface area contributed by atoms with Crippen molar-refractivity contribution in [1.82, 2.24) is 14.9 Å². The third kappa shape index (κ3) is 4.39. The molecule has 6 rings (SSSR count). The Morgan fingerprint density at radius 1 is 1.13 bits per heavy atom. The number of aromatic nitrogens is 2. The van der Waals surface area contributed by atoms with Crippen LogP contribution in [-0.4, -0.2) is 66.9 Å². The molecule has 2 unspecified atom stereocenters. The number of rotatable bonds is 4. The van der Waals surface area contributed by atoms with E-state index in [1.165, 1.54) is 6.42 Å². The summed E-state index contributed by atoms with van der Waals surface area (Å²) in [7, 11) is 2.16. The molecule has 0 bridgehead atoms. The topological polar surface area (TPSA) is 110 Å². The smallest absolute Gasteiger partial charge is 0.318 e. The molecule has 1 aromatic carbocycles. The van der Waals surface area contributed by atoms with Crippen LogP contribution in [0, 0.1) is 11.3 Å². The van der Waals surface area contributed by atoms with Crippen LogP contribution >= 0.6 is 0 Å². The van der Waals surface area contributed by atoms with Crippen molar-refractivity contribution in [3.8, 4) is 12.1 Å². The predicted molar refractivity (Wildman–Crippen MR) is 144 cm³/mol. The number of nitrogens with zero attached hydrogens (tertiary/aromatic N) is 5. The minimum Gasteiger partial charge on any atom is -0.461 e. The van der Waals surface area contributed by atoms with E-state index >= 15 is 0 Å². The lowest BCUT2D eigenvalue weighted by Gasteiger charge is -2.43. The monoisotopic (exact) mass is 518 g/mol. The maximum atomic E-state index is 10.0. The van der Waals surface area contributed by atoms with Crippen LogP contribution in [0.25, 0.3) is 0 Å². The van der Waals surface area contributed by atoms with Gasteiger partial charge in [-0.3, -0.25) is 4.90 Å². The summed E-state index contributed by atoms with van der Waals surface area (Å²) in [5, 5.41) is 10.0. The van der Waals surface area contributed by atoms with Crippen LogP contribution in [-0.2, 0) is 34.5 Å². The second-order valence-electron chi connectivity index (χ2n) is 11.5. The van der Waals surface area contributed by atoms with E-state index in [0.717, 1.165) is 86.5 Å². The number of aryl methyl sites for hydroxylation is 1. The van der Waals surface area contributed by atoms with Gasteiger partial charge in [0.05, 0.1) is 30.0 Å². The number of nitrogen functional groups attached to an aromatic ring is 1. The van der Waals surface area contributed by atoms with Crippen molar-refractivity contribution in [2.24, 2.45) is 0 Å². The molecule has 202 valence electrons. The summed E-state index contributed by atoms with van der Waals surface area (Å²) in [6, 6.07) is 6.70. The average molecular weight is 519 g/mol. The molecule has 0 amide bonds. The summed E-state index contributed by atoms with van der Waals surface area (Å²) in [5.41, 5.74) is 10.7. The van der Waals surface area contributed by atoms with Crippen LogP contribution in [0.1, 0.15) is 67.0 Å². The third-order valence-electron chi connectivity index (χ3n) is 9.08. The Bertz CT molecular complexity index is 1250. The highest BCUT2D eigenvalue weighted by Gasteiger charge is 2.45. The summed E-state index contributed by atoms with van der Waals surface area (Å²) in [6.45, 7) is 7.33. The summed E-state index contributed by atoms with van der Waals surface area (Å²) < 4.78 is 18.8. The molecule has 2 N–H and O–H groups in total. The van der Waals surface area contributed by atoms with Crippen LogP contribution in [0.15, 0.2) is 12.1 Å². The molecule has 2 aromatic rings.